The molecule has 10 rings (SSSR count). The van der Waals surface area contributed by atoms with Crippen LogP contribution in [0.25, 0.3) is 88.6 Å². The average Bonchev–Trinajstić information content (AvgIpc) is 3.38. The van der Waals surface area contributed by atoms with E-state index >= 15 is 0 Å². The molecule has 0 saturated carbocycles. The molecular weight excluding hydrogens is 1050 g/mol. The monoisotopic (exact) mass is 1090 g/mol. The molecule has 0 amide bonds. The van der Waals surface area contributed by atoms with Crippen LogP contribution in [-0.4, -0.2) is 90.2 Å². The number of aliphatic hydroxyl groups is 1. The van der Waals surface area contributed by atoms with Crippen LogP contribution in [0.5, 0.6) is 23.0 Å². The third kappa shape index (κ3) is 11.0. The van der Waals surface area contributed by atoms with Crippen LogP contribution in [0.2, 0.25) is 0 Å². The summed E-state index contributed by atoms with van der Waals surface area (Å²) in [7, 11) is -5.12. The van der Waals surface area contributed by atoms with Crippen molar-refractivity contribution in [3.05, 3.63) is 152 Å². The maximum Gasteiger partial charge on any atom is 2.00 e. The van der Waals surface area contributed by atoms with E-state index in [9.17, 15) is 66.6 Å². The van der Waals surface area contributed by atoms with E-state index in [1.165, 1.54) is 36.4 Å². The van der Waals surface area contributed by atoms with Gasteiger partial charge in [0.2, 0.25) is 16.4 Å². The Labute approximate surface area is 444 Å². The topological polar surface area (TPSA) is 347 Å². The number of pyridine rings is 2. The Kier molecular flexibility index (Phi) is 15.5. The summed E-state index contributed by atoms with van der Waals surface area (Å²) in [6, 6.07) is 17.4. The number of phosphoric acid groups is 1. The Hall–Kier alpha value is -7.90. The first-order valence-corrected chi connectivity index (χ1v) is 23.8. The molecule has 388 valence electrons. The minimum Gasteiger partial charge on any atom is -0.868 e. The fourth-order valence-electron chi connectivity index (χ4n) is 8.64. The quantitative estimate of drug-likeness (QED) is 0.0387. The van der Waals surface area contributed by atoms with Gasteiger partial charge in [0, 0.05) is 80.9 Å². The summed E-state index contributed by atoms with van der Waals surface area (Å²) in [5.74, 6) is -7.52. The molecule has 4 aliphatic rings. The van der Waals surface area contributed by atoms with Crippen LogP contribution < -0.4 is 37.3 Å². The number of H-pyrrole nitrogens is 1. The molecule has 3 atom stereocenters. The number of phenols is 3. The fraction of sp³-hybridized carbons (Fsp3) is 0.115. The van der Waals surface area contributed by atoms with Crippen molar-refractivity contribution in [2.45, 2.75) is 24.9 Å². The molecule has 77 heavy (non-hydrogen) atoms. The minimum absolute atomic E-state index is 0. The predicted octanol–water partition coefficient (Wildman–Crippen LogP) is 4.36. The van der Waals surface area contributed by atoms with Gasteiger partial charge in [-0.15, -0.1) is 0 Å². The van der Waals surface area contributed by atoms with E-state index in [1.54, 1.807) is 12.1 Å². The average molecular weight is 1090 g/mol. The van der Waals surface area contributed by atoms with Crippen LogP contribution >= 0.6 is 7.82 Å². The molecule has 0 fully saturated rings. The first kappa shape index (κ1) is 55.3. The van der Waals surface area contributed by atoms with E-state index in [0.717, 1.165) is 48.5 Å². The Balaban J connectivity index is 0.000000202. The summed E-state index contributed by atoms with van der Waals surface area (Å²) in [6.07, 6.45) is -0.147. The number of benzene rings is 6. The van der Waals surface area contributed by atoms with E-state index in [0.29, 0.717) is 33.3 Å². The van der Waals surface area contributed by atoms with Gasteiger partial charge in [0.05, 0.1) is 23.9 Å². The number of rotatable bonds is 12. The normalized spacial score (nSPS) is 13.1. The second-order valence-electron chi connectivity index (χ2n) is 17.3. The molecule has 4 heterocycles. The molecule has 2 aliphatic heterocycles. The van der Waals surface area contributed by atoms with Crippen molar-refractivity contribution in [1.29, 1.82) is 0 Å². The van der Waals surface area contributed by atoms with Gasteiger partial charge in [-0.2, -0.15) is 0 Å². The van der Waals surface area contributed by atoms with Crippen LogP contribution in [0.4, 0.5) is 17.6 Å². The zero-order valence-electron chi connectivity index (χ0n) is 39.3. The number of Topliss-reactive ketones (excluding diaryl/α,β-unsaturated/α-hetero) is 2. The van der Waals surface area contributed by atoms with Gasteiger partial charge in [-0.3, -0.25) is 23.7 Å². The summed E-state index contributed by atoms with van der Waals surface area (Å²) in [6.45, 7) is -1.69. The van der Waals surface area contributed by atoms with Gasteiger partial charge < -0.3 is 60.1 Å². The smallest absolute Gasteiger partial charge is 0.868 e. The molecule has 2 aliphatic carbocycles. The maximum absolute atomic E-state index is 14.5. The Morgan fingerprint density at radius 2 is 1.18 bits per heavy atom. The number of fused-ring (bicyclic) bond motifs is 6. The van der Waals surface area contributed by atoms with E-state index in [-0.39, 0.29) is 108 Å². The largest absolute Gasteiger partial charge is 2.00 e. The van der Waals surface area contributed by atoms with Gasteiger partial charge in [0.15, 0.2) is 52.0 Å². The molecule has 2 aromatic heterocycles. The molecular formula is C52H36F4MgN4O15P+. The Bertz CT molecular complexity index is 4160. The van der Waals surface area contributed by atoms with Crippen molar-refractivity contribution in [3.63, 3.8) is 0 Å². The van der Waals surface area contributed by atoms with Crippen LogP contribution in [0, 0.1) is 23.3 Å². The summed E-state index contributed by atoms with van der Waals surface area (Å²) in [4.78, 5) is 74.4. The first-order valence-electron chi connectivity index (χ1n) is 22.3. The number of nitrogens with two attached hydrogens (primary N) is 2. The van der Waals surface area contributed by atoms with Gasteiger partial charge in [-0.1, -0.05) is 18.2 Å². The van der Waals surface area contributed by atoms with Gasteiger partial charge >= 0.3 is 23.1 Å². The van der Waals surface area contributed by atoms with Crippen LogP contribution in [-0.2, 0) is 31.5 Å². The summed E-state index contributed by atoms with van der Waals surface area (Å²) in [5.41, 5.74) is 12.2. The van der Waals surface area contributed by atoms with E-state index < -0.39 is 96.1 Å². The number of carbonyl (C=O) groups is 2. The van der Waals surface area contributed by atoms with Gasteiger partial charge in [-0.05, 0) is 65.4 Å². The van der Waals surface area contributed by atoms with Gasteiger partial charge in [-0.25, -0.2) is 27.5 Å². The summed E-state index contributed by atoms with van der Waals surface area (Å²) >= 11 is 0. The summed E-state index contributed by atoms with van der Waals surface area (Å²) < 4.78 is 83.8. The molecule has 0 radical (unpaired) electrons. The summed E-state index contributed by atoms with van der Waals surface area (Å²) in [5, 5.41) is 53.1. The molecule has 19 nitrogen and oxygen atoms in total. The standard InChI is InChI=1S/C26H19F2N2O9P.C26H18F2N2O6.Mg/c27-16-6-14-23(8-20(16)32)39-24-9-21(33)17(28)7-15(24)25(14)12-3-4-19(31)26-13(12)2-1-11(30-26)5-18(29)22(34)10-38-40(35,36)37;27-16-6-14-23(8-20(16)33)36-24-9-21(34)17(28)7-15(24)25(14)12-3-4-19(32)26-13(12)2-1-11(30-26)5-18(29)22(35)10-31;/h1-4,6-9,18,31-32H,5,10,29H2,(H2,35,36,37);1-4,6-9,18,31-33H,5,10,29H2;/q;;+2/p-1/t2*18-;/m00./s1. The number of nitrogens with zero attached hydrogens (tertiary/aromatic N) is 1. The predicted molar refractivity (Wildman–Crippen MR) is 265 cm³/mol. The maximum atomic E-state index is 14.5. The number of aromatic amines is 1. The van der Waals surface area contributed by atoms with Gasteiger partial charge in [0.1, 0.15) is 47.2 Å². The second-order valence-corrected chi connectivity index (χ2v) is 18.5. The number of phosphoric ester groups is 1. The number of ketones is 2. The third-order valence-electron chi connectivity index (χ3n) is 12.3. The Morgan fingerprint density at radius 1 is 0.662 bits per heavy atom. The number of halogens is 4. The van der Waals surface area contributed by atoms with Crippen molar-refractivity contribution >= 4 is 86.2 Å². The van der Waals surface area contributed by atoms with E-state index in [2.05, 4.69) is 14.5 Å². The van der Waals surface area contributed by atoms with Crippen LogP contribution in [0.3, 0.4) is 0 Å². The molecule has 6 aromatic rings. The third-order valence-corrected chi connectivity index (χ3v) is 12.7. The van der Waals surface area contributed by atoms with Crippen molar-refractivity contribution in [2.75, 3.05) is 13.2 Å². The molecule has 4 aromatic carbocycles. The molecule has 25 heteroatoms. The van der Waals surface area contributed by atoms with Gasteiger partial charge in [0.25, 0.3) is 7.82 Å². The number of hydrogen-bond donors (Lipinski definition) is 7. The number of nitrogens with one attached hydrogen (secondary N) is 1. The number of phenolic OH excluding ortho intramolecular Hbond substituents is 3. The fourth-order valence-corrected chi connectivity index (χ4v) is 8.93. The molecule has 1 unspecified atom stereocenters. The number of carbonyl (C=O) groups excluding carboxylic acids is 2. The molecule has 0 spiro atoms. The van der Waals surface area contributed by atoms with Crippen molar-refractivity contribution < 1.29 is 85.4 Å². The first-order chi connectivity index (χ1) is 36.0. The van der Waals surface area contributed by atoms with Crippen molar-refractivity contribution in [2.24, 2.45) is 11.5 Å². The number of aromatic hydroxyl groups is 3. The van der Waals surface area contributed by atoms with Crippen molar-refractivity contribution in [1.82, 2.24) is 4.98 Å². The zero-order valence-corrected chi connectivity index (χ0v) is 41.6. The zero-order chi connectivity index (χ0) is 54.7. The van der Waals surface area contributed by atoms with Crippen LogP contribution in [0.15, 0.2) is 115 Å². The molecule has 0 saturated heterocycles. The Morgan fingerprint density at radius 3 is 1.73 bits per heavy atom. The number of hydrogen-bond acceptors (Lipinski definition) is 17. The molecule has 0 bridgehead atoms. The van der Waals surface area contributed by atoms with E-state index in [1.807, 2.05) is 0 Å². The SMILES string of the molecule is N[C@@H](Cc1ccc2c(-c3c4cc(F)c(=O)cc-4oc4cc(O)c(F)cc34)ccc(O)c2n1)C(=O)CO.N[C@@H](Cc1ccc2c(-c3c4cc(F)c(=O)cc-4oc4cc(O)c(F)cc34)ccc([O-])c2[nH+]1)C(=O)COP(=O)([O-])O.[Mg+2]. The second kappa shape index (κ2) is 21.6. The number of aliphatic hydroxyl groups excluding tert-OH is 1. The van der Waals surface area contributed by atoms with Crippen LogP contribution in [0.1, 0.15) is 11.4 Å². The number of aromatic nitrogens is 2. The van der Waals surface area contributed by atoms with E-state index in [4.69, 9.17) is 30.3 Å². The van der Waals surface area contributed by atoms with Crippen molar-refractivity contribution in [3.8, 4) is 67.9 Å². The minimum atomic E-state index is -5.12. The molecule has 10 N–H and O–H groups in total.